The molecule has 0 saturated heterocycles. The third-order valence-corrected chi connectivity index (χ3v) is 12.9. The lowest BCUT2D eigenvalue weighted by atomic mass is 10.2. The Hall–Kier alpha value is -3.01. The Morgan fingerprint density at radius 1 is 0.400 bits per heavy atom. The number of thiol groups is 1. The summed E-state index contributed by atoms with van der Waals surface area (Å²) in [5, 5.41) is 38.1. The number of hydrogen-bond donors (Lipinski definition) is 5. The highest BCUT2D eigenvalue weighted by Crippen LogP contribution is 2.43. The average molecular weight is 657 g/mol. The van der Waals surface area contributed by atoms with Gasteiger partial charge in [0.1, 0.15) is 21.8 Å². The minimum Gasteiger partial charge on any atom is -0.396 e. The molecule has 0 fully saturated rings. The maximum Gasteiger partial charge on any atom is 0.235 e. The lowest BCUT2D eigenvalue weighted by molar-refractivity contribution is 0.299. The molecule has 0 aliphatic carbocycles. The highest BCUT2D eigenvalue weighted by molar-refractivity contribution is 8.00. The topological polar surface area (TPSA) is 80.9 Å². The van der Waals surface area contributed by atoms with E-state index in [4.69, 9.17) is 12.6 Å². The first kappa shape index (κ1) is 33.4. The molecule has 0 saturated carbocycles. The summed E-state index contributed by atoms with van der Waals surface area (Å²) in [6.45, 7) is 0.441. The molecule has 0 amide bonds. The summed E-state index contributed by atoms with van der Waals surface area (Å²) < 4.78 is 0. The minimum atomic E-state index is -0.506. The Morgan fingerprint density at radius 2 is 0.711 bits per heavy atom. The number of benzene rings is 5. The summed E-state index contributed by atoms with van der Waals surface area (Å²) in [6, 6.07) is 40.6. The fourth-order valence-corrected chi connectivity index (χ4v) is 10.6. The molecule has 0 bridgehead atoms. The Morgan fingerprint density at radius 3 is 1.02 bits per heavy atom. The SMILES string of the molecule is OCCc1ccc([S+](c2ccc(CCO)cc2)c2cccc(S)c2[S+](c2ccc(CCO)cc2)c2ccc(CCO)cc2)cc1. The van der Waals surface area contributed by atoms with Gasteiger partial charge in [-0.3, -0.25) is 0 Å². The van der Waals surface area contributed by atoms with Crippen molar-refractivity contribution < 1.29 is 20.4 Å². The average Bonchev–Trinajstić information content (AvgIpc) is 3.06. The molecule has 7 heteroatoms. The van der Waals surface area contributed by atoms with Crippen LogP contribution in [0.1, 0.15) is 22.3 Å². The summed E-state index contributed by atoms with van der Waals surface area (Å²) in [6.07, 6.45) is 2.45. The normalized spacial score (nSPS) is 11.4. The van der Waals surface area contributed by atoms with Crippen LogP contribution in [0.25, 0.3) is 0 Å². The van der Waals surface area contributed by atoms with E-state index in [0.717, 1.165) is 41.8 Å². The van der Waals surface area contributed by atoms with Gasteiger partial charge in [0.25, 0.3) is 0 Å². The summed E-state index contributed by atoms with van der Waals surface area (Å²) in [5.41, 5.74) is 4.37. The largest absolute Gasteiger partial charge is 0.396 e. The number of hydrogen-bond acceptors (Lipinski definition) is 5. The van der Waals surface area contributed by atoms with E-state index in [0.29, 0.717) is 25.7 Å². The van der Waals surface area contributed by atoms with Crippen LogP contribution >= 0.6 is 12.6 Å². The van der Waals surface area contributed by atoms with Gasteiger partial charge >= 0.3 is 0 Å². The zero-order chi connectivity index (χ0) is 31.6. The van der Waals surface area contributed by atoms with E-state index in [2.05, 4.69) is 115 Å². The molecule has 0 spiro atoms. The van der Waals surface area contributed by atoms with E-state index in [1.807, 2.05) is 0 Å². The van der Waals surface area contributed by atoms with Crippen molar-refractivity contribution in [2.75, 3.05) is 26.4 Å². The predicted octanol–water partition coefficient (Wildman–Crippen LogP) is 6.31. The summed E-state index contributed by atoms with van der Waals surface area (Å²) in [4.78, 5) is 7.94. The summed E-state index contributed by atoms with van der Waals surface area (Å²) >= 11 is 5.11. The van der Waals surface area contributed by atoms with Crippen LogP contribution < -0.4 is 0 Å². The van der Waals surface area contributed by atoms with Crippen LogP contribution in [0.4, 0.5) is 0 Å². The number of aliphatic hydroxyl groups excluding tert-OH is 4. The van der Waals surface area contributed by atoms with Crippen LogP contribution in [-0.4, -0.2) is 46.9 Å². The van der Waals surface area contributed by atoms with Crippen LogP contribution in [0.5, 0.6) is 0 Å². The fraction of sp³-hybridized carbons (Fsp3) is 0.211. The molecule has 4 N–H and O–H groups in total. The Kier molecular flexibility index (Phi) is 12.2. The molecule has 5 aromatic rings. The van der Waals surface area contributed by atoms with Gasteiger partial charge in [-0.2, -0.15) is 0 Å². The van der Waals surface area contributed by atoms with Crippen LogP contribution in [0.3, 0.4) is 0 Å². The molecule has 0 aliphatic rings. The molecule has 0 heterocycles. The van der Waals surface area contributed by atoms with Gasteiger partial charge < -0.3 is 20.4 Å². The van der Waals surface area contributed by atoms with Gasteiger partial charge in [0.2, 0.25) is 9.79 Å². The van der Waals surface area contributed by atoms with Gasteiger partial charge in [0.05, 0.1) is 4.90 Å². The molecule has 0 atom stereocenters. The molecule has 5 aromatic carbocycles. The standard InChI is InChI=1S/C38H39O4S3/c39-24-20-28-4-12-32(13-5-28)44(33-14-6-29(7-15-33)21-25-40)37-3-1-2-36(43)38(37)45(34-16-8-30(9-17-34)22-26-41)35-18-10-31(11-19-35)23-27-42/h1-19,39-42H,20-27H2/q+1/p+1. The summed E-state index contributed by atoms with van der Waals surface area (Å²) in [5.74, 6) is 0. The second-order valence-corrected chi connectivity index (χ2v) is 15.1. The van der Waals surface area contributed by atoms with Crippen LogP contribution in [0.15, 0.2) is 150 Å². The molecule has 5 rings (SSSR count). The minimum absolute atomic E-state index is 0.109. The van der Waals surface area contributed by atoms with Crippen molar-refractivity contribution in [2.45, 2.75) is 60.0 Å². The first-order chi connectivity index (χ1) is 22.1. The van der Waals surface area contributed by atoms with Gasteiger partial charge in [0, 0.05) is 26.4 Å². The lowest BCUT2D eigenvalue weighted by Gasteiger charge is -2.16. The van der Waals surface area contributed by atoms with E-state index in [1.54, 1.807) is 0 Å². The van der Waals surface area contributed by atoms with Crippen molar-refractivity contribution in [3.8, 4) is 0 Å². The van der Waals surface area contributed by atoms with Crippen molar-refractivity contribution in [2.24, 2.45) is 0 Å². The molecular formula is C38H40O4S3+2. The second-order valence-electron chi connectivity index (χ2n) is 10.7. The van der Waals surface area contributed by atoms with Gasteiger partial charge in [-0.05, 0) is 109 Å². The van der Waals surface area contributed by atoms with Gasteiger partial charge in [-0.15, -0.1) is 12.6 Å². The third kappa shape index (κ3) is 8.23. The van der Waals surface area contributed by atoms with Gasteiger partial charge in [0.15, 0.2) is 19.6 Å². The first-order valence-electron chi connectivity index (χ1n) is 15.2. The zero-order valence-corrected chi connectivity index (χ0v) is 27.7. The van der Waals surface area contributed by atoms with Crippen molar-refractivity contribution in [1.82, 2.24) is 0 Å². The molecule has 0 unspecified atom stereocenters. The van der Waals surface area contributed by atoms with E-state index in [1.165, 1.54) is 14.7 Å². The molecule has 0 aliphatic heterocycles. The van der Waals surface area contributed by atoms with Crippen LogP contribution in [-0.2, 0) is 47.5 Å². The Balaban J connectivity index is 1.72. The smallest absolute Gasteiger partial charge is 0.235 e. The van der Waals surface area contributed by atoms with Crippen LogP contribution in [0.2, 0.25) is 0 Å². The number of aliphatic hydroxyl groups is 4. The molecule has 4 nitrogen and oxygen atoms in total. The predicted molar refractivity (Wildman–Crippen MR) is 187 cm³/mol. The second kappa shape index (κ2) is 16.5. The highest BCUT2D eigenvalue weighted by Gasteiger charge is 2.42. The van der Waals surface area contributed by atoms with Crippen LogP contribution in [0, 0.1) is 0 Å². The molecule has 45 heavy (non-hydrogen) atoms. The van der Waals surface area contributed by atoms with Crippen molar-refractivity contribution in [3.63, 3.8) is 0 Å². The van der Waals surface area contributed by atoms with Gasteiger partial charge in [-0.1, -0.05) is 54.6 Å². The Bertz CT molecular complexity index is 1540. The molecule has 0 aromatic heterocycles. The maximum atomic E-state index is 9.52. The Labute approximate surface area is 277 Å². The van der Waals surface area contributed by atoms with E-state index < -0.39 is 21.8 Å². The number of rotatable bonds is 14. The van der Waals surface area contributed by atoms with E-state index >= 15 is 0 Å². The monoisotopic (exact) mass is 656 g/mol. The van der Waals surface area contributed by atoms with Crippen molar-refractivity contribution in [1.29, 1.82) is 0 Å². The summed E-state index contributed by atoms with van der Waals surface area (Å²) in [7, 11) is -0.983. The van der Waals surface area contributed by atoms with Crippen molar-refractivity contribution >= 4 is 34.4 Å². The van der Waals surface area contributed by atoms with E-state index in [9.17, 15) is 20.4 Å². The third-order valence-electron chi connectivity index (χ3n) is 7.62. The highest BCUT2D eigenvalue weighted by atomic mass is 32.2. The van der Waals surface area contributed by atoms with Gasteiger partial charge in [-0.25, -0.2) is 0 Å². The fourth-order valence-electron chi connectivity index (χ4n) is 5.32. The molecular weight excluding hydrogens is 617 g/mol. The van der Waals surface area contributed by atoms with E-state index in [-0.39, 0.29) is 26.4 Å². The van der Waals surface area contributed by atoms with Crippen molar-refractivity contribution in [3.05, 3.63) is 138 Å². The first-order valence-corrected chi connectivity index (χ1v) is 18.1. The molecule has 0 radical (unpaired) electrons. The maximum absolute atomic E-state index is 9.52. The lowest BCUT2D eigenvalue weighted by Crippen LogP contribution is -2.14. The quantitative estimate of drug-likeness (QED) is 0.0718. The molecule has 232 valence electrons. The zero-order valence-electron chi connectivity index (χ0n) is 25.2.